The molecule has 0 aromatic heterocycles. The summed E-state index contributed by atoms with van der Waals surface area (Å²) in [7, 11) is 0. The van der Waals surface area contributed by atoms with E-state index in [1.54, 1.807) is 6.07 Å². The van der Waals surface area contributed by atoms with Crippen LogP contribution in [0.4, 0.5) is 0 Å². The van der Waals surface area contributed by atoms with E-state index in [1.807, 2.05) is 12.1 Å². The molecule has 1 aliphatic carbocycles. The Kier molecular flexibility index (Phi) is 3.00. The Balaban J connectivity index is 2.35. The van der Waals surface area contributed by atoms with Gasteiger partial charge in [-0.15, -0.1) is 0 Å². The molecule has 0 bridgehead atoms. The van der Waals surface area contributed by atoms with Crippen molar-refractivity contribution in [1.82, 2.24) is 0 Å². The normalized spacial score (nSPS) is 14.1. The number of allylic oxidation sites excluding steroid dienone is 2. The van der Waals surface area contributed by atoms with Gasteiger partial charge in [0.1, 0.15) is 0 Å². The van der Waals surface area contributed by atoms with Crippen molar-refractivity contribution in [3.8, 4) is 0 Å². The molecule has 1 aliphatic rings. The smallest absolute Gasteiger partial charge is 0.186 e. The van der Waals surface area contributed by atoms with Crippen LogP contribution in [0.2, 0.25) is 0 Å². The Morgan fingerprint density at radius 2 is 1.69 bits per heavy atom. The van der Waals surface area contributed by atoms with Crippen LogP contribution in [0.5, 0.6) is 0 Å². The van der Waals surface area contributed by atoms with Gasteiger partial charge in [0.05, 0.1) is 0 Å². The van der Waals surface area contributed by atoms with Gasteiger partial charge in [0.25, 0.3) is 0 Å². The van der Waals surface area contributed by atoms with Gasteiger partial charge in [0.15, 0.2) is 11.6 Å². The van der Waals surface area contributed by atoms with Gasteiger partial charge in [-0.25, -0.2) is 0 Å². The van der Waals surface area contributed by atoms with Gasteiger partial charge < -0.3 is 0 Å². The largest absolute Gasteiger partial charge is 0.289 e. The highest BCUT2D eigenvalue weighted by Gasteiger charge is 2.18. The first-order valence-corrected chi connectivity index (χ1v) is 5.62. The van der Waals surface area contributed by atoms with Gasteiger partial charge in [-0.2, -0.15) is 0 Å². The van der Waals surface area contributed by atoms with E-state index in [0.29, 0.717) is 11.1 Å². The molecule has 0 heterocycles. The molecule has 0 fully saturated rings. The highest BCUT2D eigenvalue weighted by atomic mass is 16.1. The lowest BCUT2D eigenvalue weighted by molar-refractivity contribution is 0.0994. The first kappa shape index (κ1) is 10.8. The van der Waals surface area contributed by atoms with Crippen LogP contribution < -0.4 is 0 Å². The zero-order valence-corrected chi connectivity index (χ0v) is 9.32. The van der Waals surface area contributed by atoms with E-state index in [-0.39, 0.29) is 11.6 Å². The predicted octanol–water partition coefficient (Wildman–Crippen LogP) is 2.96. The second kappa shape index (κ2) is 4.44. The minimum absolute atomic E-state index is 0.0621. The zero-order valence-electron chi connectivity index (χ0n) is 9.32. The quantitative estimate of drug-likeness (QED) is 0.775. The Bertz CT molecular complexity index is 470. The SMILES string of the molecule is CCCCc1ccc2c(c1)C(=O)C=CC2=O. The highest BCUT2D eigenvalue weighted by molar-refractivity contribution is 6.22. The van der Waals surface area contributed by atoms with Gasteiger partial charge >= 0.3 is 0 Å². The molecule has 16 heavy (non-hydrogen) atoms. The first-order chi connectivity index (χ1) is 7.72. The number of unbranched alkanes of at least 4 members (excludes halogenated alkanes) is 1. The Morgan fingerprint density at radius 1 is 1.00 bits per heavy atom. The average molecular weight is 214 g/mol. The number of carbonyl (C=O) groups excluding carboxylic acids is 2. The number of hydrogen-bond donors (Lipinski definition) is 0. The van der Waals surface area contributed by atoms with Crippen molar-refractivity contribution in [3.63, 3.8) is 0 Å². The van der Waals surface area contributed by atoms with E-state index in [0.717, 1.165) is 24.8 Å². The lowest BCUT2D eigenvalue weighted by Gasteiger charge is -2.10. The van der Waals surface area contributed by atoms with E-state index in [4.69, 9.17) is 0 Å². The summed E-state index contributed by atoms with van der Waals surface area (Å²) in [5.74, 6) is -0.135. The van der Waals surface area contributed by atoms with Crippen LogP contribution >= 0.6 is 0 Å². The van der Waals surface area contributed by atoms with Crippen LogP contribution in [0.25, 0.3) is 0 Å². The molecule has 0 spiro atoms. The average Bonchev–Trinajstić information content (AvgIpc) is 2.31. The van der Waals surface area contributed by atoms with E-state index in [1.165, 1.54) is 12.2 Å². The van der Waals surface area contributed by atoms with E-state index < -0.39 is 0 Å². The highest BCUT2D eigenvalue weighted by Crippen LogP contribution is 2.19. The van der Waals surface area contributed by atoms with Crippen LogP contribution in [0.1, 0.15) is 46.0 Å². The second-order valence-corrected chi connectivity index (χ2v) is 4.05. The minimum atomic E-state index is -0.0726. The van der Waals surface area contributed by atoms with Crippen molar-refractivity contribution in [2.75, 3.05) is 0 Å². The summed E-state index contributed by atoms with van der Waals surface area (Å²) in [6, 6.07) is 5.57. The molecule has 0 unspecified atom stereocenters. The van der Waals surface area contributed by atoms with E-state index in [9.17, 15) is 9.59 Å². The van der Waals surface area contributed by atoms with Crippen molar-refractivity contribution in [2.45, 2.75) is 26.2 Å². The summed E-state index contributed by atoms with van der Waals surface area (Å²) in [6.07, 6.45) is 5.90. The lowest BCUT2D eigenvalue weighted by atomic mass is 9.92. The molecule has 2 heteroatoms. The molecule has 0 saturated heterocycles. The third kappa shape index (κ3) is 1.96. The lowest BCUT2D eigenvalue weighted by Crippen LogP contribution is -2.11. The maximum atomic E-state index is 11.6. The molecule has 2 rings (SSSR count). The Labute approximate surface area is 95.0 Å². The third-order valence-electron chi connectivity index (χ3n) is 2.82. The molecule has 0 atom stereocenters. The molecule has 1 aromatic carbocycles. The van der Waals surface area contributed by atoms with E-state index >= 15 is 0 Å². The maximum absolute atomic E-state index is 11.6. The Hall–Kier alpha value is -1.70. The fourth-order valence-corrected chi connectivity index (χ4v) is 1.88. The summed E-state index contributed by atoms with van der Waals surface area (Å²) in [6.45, 7) is 2.13. The summed E-state index contributed by atoms with van der Waals surface area (Å²) in [5.41, 5.74) is 2.23. The molecule has 82 valence electrons. The molecule has 0 aliphatic heterocycles. The van der Waals surface area contributed by atoms with Crippen LogP contribution in [0.15, 0.2) is 30.4 Å². The number of rotatable bonds is 3. The number of carbonyl (C=O) groups is 2. The molecule has 0 radical (unpaired) electrons. The molecule has 2 nitrogen and oxygen atoms in total. The predicted molar refractivity (Wildman–Crippen MR) is 62.9 cm³/mol. The number of aryl methyl sites for hydroxylation is 1. The van der Waals surface area contributed by atoms with Crippen LogP contribution in [0.3, 0.4) is 0 Å². The fourth-order valence-electron chi connectivity index (χ4n) is 1.88. The van der Waals surface area contributed by atoms with Crippen molar-refractivity contribution in [3.05, 3.63) is 47.0 Å². The van der Waals surface area contributed by atoms with E-state index in [2.05, 4.69) is 6.92 Å². The van der Waals surface area contributed by atoms with Crippen LogP contribution in [0, 0.1) is 0 Å². The fraction of sp³-hybridized carbons (Fsp3) is 0.286. The maximum Gasteiger partial charge on any atom is 0.186 e. The standard InChI is InChI=1S/C14H14O2/c1-2-3-4-10-5-6-11-12(9-10)14(16)8-7-13(11)15/h5-9H,2-4H2,1H3. The van der Waals surface area contributed by atoms with Crippen molar-refractivity contribution in [1.29, 1.82) is 0 Å². The Morgan fingerprint density at radius 3 is 2.38 bits per heavy atom. The molecule has 0 N–H and O–H groups in total. The molecular formula is C14H14O2. The minimum Gasteiger partial charge on any atom is -0.289 e. The van der Waals surface area contributed by atoms with Crippen molar-refractivity contribution >= 4 is 11.6 Å². The monoisotopic (exact) mass is 214 g/mol. The molecule has 0 amide bonds. The number of ketones is 2. The molecule has 1 aromatic rings. The third-order valence-corrected chi connectivity index (χ3v) is 2.82. The zero-order chi connectivity index (χ0) is 11.5. The van der Waals surface area contributed by atoms with Gasteiger partial charge in [0, 0.05) is 11.1 Å². The van der Waals surface area contributed by atoms with Crippen molar-refractivity contribution in [2.24, 2.45) is 0 Å². The van der Waals surface area contributed by atoms with Gasteiger partial charge in [-0.05, 0) is 36.6 Å². The van der Waals surface area contributed by atoms with Crippen LogP contribution in [-0.2, 0) is 6.42 Å². The topological polar surface area (TPSA) is 34.1 Å². The van der Waals surface area contributed by atoms with Gasteiger partial charge in [-0.3, -0.25) is 9.59 Å². The first-order valence-electron chi connectivity index (χ1n) is 5.62. The van der Waals surface area contributed by atoms with Crippen LogP contribution in [-0.4, -0.2) is 11.6 Å². The van der Waals surface area contributed by atoms with Crippen molar-refractivity contribution < 1.29 is 9.59 Å². The number of fused-ring (bicyclic) bond motifs is 1. The molecule has 0 saturated carbocycles. The summed E-state index contributed by atoms with van der Waals surface area (Å²) < 4.78 is 0. The van der Waals surface area contributed by atoms with Gasteiger partial charge in [-0.1, -0.05) is 25.5 Å². The molecular weight excluding hydrogens is 200 g/mol. The summed E-state index contributed by atoms with van der Waals surface area (Å²) >= 11 is 0. The summed E-state index contributed by atoms with van der Waals surface area (Å²) in [4.78, 5) is 23.1. The number of benzene rings is 1. The second-order valence-electron chi connectivity index (χ2n) is 4.05. The van der Waals surface area contributed by atoms with Gasteiger partial charge in [0.2, 0.25) is 0 Å². The summed E-state index contributed by atoms with van der Waals surface area (Å²) in [5, 5.41) is 0. The number of hydrogen-bond acceptors (Lipinski definition) is 2.